The zero-order valence-electron chi connectivity index (χ0n) is 8.15. The first-order chi connectivity index (χ1) is 6.63. The van der Waals surface area contributed by atoms with E-state index in [2.05, 4.69) is 10.3 Å². The number of nitrogens with one attached hydrogen (secondary N) is 1. The molecule has 0 fully saturated rings. The monoisotopic (exact) mass is 211 g/mol. The lowest BCUT2D eigenvalue weighted by atomic mass is 10.4. The van der Waals surface area contributed by atoms with Crippen molar-refractivity contribution in [1.29, 1.82) is 0 Å². The molecule has 0 aliphatic carbocycles. The SMILES string of the molecule is CNC(=O)C(C)Sc1ccc(N)cn1. The Kier molecular flexibility index (Phi) is 3.76. The fraction of sp³-hybridized carbons (Fsp3) is 0.333. The van der Waals surface area contributed by atoms with Gasteiger partial charge in [-0.1, -0.05) is 11.8 Å². The molecular formula is C9H13N3OS. The Balaban J connectivity index is 2.60. The van der Waals surface area contributed by atoms with E-state index in [0.29, 0.717) is 5.69 Å². The number of carbonyl (C=O) groups is 1. The van der Waals surface area contributed by atoms with Crippen LogP contribution < -0.4 is 11.1 Å². The molecule has 76 valence electrons. The number of rotatable bonds is 3. The summed E-state index contributed by atoms with van der Waals surface area (Å²) in [6, 6.07) is 3.57. The summed E-state index contributed by atoms with van der Waals surface area (Å²) < 4.78 is 0. The van der Waals surface area contributed by atoms with Gasteiger partial charge in [-0.15, -0.1) is 0 Å². The number of nitrogens with two attached hydrogens (primary N) is 1. The molecule has 14 heavy (non-hydrogen) atoms. The predicted molar refractivity (Wildman–Crippen MR) is 58.0 cm³/mol. The van der Waals surface area contributed by atoms with Gasteiger partial charge in [0.2, 0.25) is 5.91 Å². The summed E-state index contributed by atoms with van der Waals surface area (Å²) in [5.74, 6) is -0.00590. The zero-order chi connectivity index (χ0) is 10.6. The van der Waals surface area contributed by atoms with Crippen LogP contribution in [-0.4, -0.2) is 23.2 Å². The largest absolute Gasteiger partial charge is 0.397 e. The van der Waals surface area contributed by atoms with E-state index in [0.717, 1.165) is 5.03 Å². The van der Waals surface area contributed by atoms with E-state index in [1.165, 1.54) is 11.8 Å². The average Bonchev–Trinajstić information content (AvgIpc) is 2.20. The Labute approximate surface area is 87.3 Å². The molecule has 0 radical (unpaired) electrons. The zero-order valence-corrected chi connectivity index (χ0v) is 8.97. The molecule has 1 aromatic rings. The fourth-order valence-corrected chi connectivity index (χ4v) is 1.75. The highest BCUT2D eigenvalue weighted by atomic mass is 32.2. The number of carbonyl (C=O) groups excluding carboxylic acids is 1. The number of thioether (sulfide) groups is 1. The lowest BCUT2D eigenvalue weighted by Crippen LogP contribution is -2.27. The third-order valence-electron chi connectivity index (χ3n) is 1.67. The molecule has 0 spiro atoms. The van der Waals surface area contributed by atoms with Crippen LogP contribution >= 0.6 is 11.8 Å². The van der Waals surface area contributed by atoms with Crippen LogP contribution in [-0.2, 0) is 4.79 Å². The topological polar surface area (TPSA) is 68.0 Å². The smallest absolute Gasteiger partial charge is 0.233 e. The van der Waals surface area contributed by atoms with Crippen LogP contribution in [0.1, 0.15) is 6.92 Å². The minimum absolute atomic E-state index is 0.00590. The maximum absolute atomic E-state index is 11.2. The van der Waals surface area contributed by atoms with Gasteiger partial charge in [0.05, 0.1) is 22.2 Å². The summed E-state index contributed by atoms with van der Waals surface area (Å²) in [7, 11) is 1.62. The summed E-state index contributed by atoms with van der Waals surface area (Å²) in [4.78, 5) is 15.3. The van der Waals surface area contributed by atoms with Crippen LogP contribution in [0.4, 0.5) is 5.69 Å². The summed E-state index contributed by atoms with van der Waals surface area (Å²) >= 11 is 1.41. The summed E-state index contributed by atoms with van der Waals surface area (Å²) in [6.45, 7) is 1.83. The Bertz CT molecular complexity index is 312. The minimum atomic E-state index is -0.142. The third-order valence-corrected chi connectivity index (χ3v) is 2.72. The molecule has 1 unspecified atom stereocenters. The van der Waals surface area contributed by atoms with Gasteiger partial charge in [0.15, 0.2) is 0 Å². The quantitative estimate of drug-likeness (QED) is 0.729. The second-order valence-electron chi connectivity index (χ2n) is 2.80. The maximum Gasteiger partial charge on any atom is 0.233 e. The van der Waals surface area contributed by atoms with Gasteiger partial charge in [-0.2, -0.15) is 0 Å². The van der Waals surface area contributed by atoms with Gasteiger partial charge < -0.3 is 11.1 Å². The van der Waals surface area contributed by atoms with Gasteiger partial charge >= 0.3 is 0 Å². The van der Waals surface area contributed by atoms with Gasteiger partial charge in [0.1, 0.15) is 0 Å². The van der Waals surface area contributed by atoms with Crippen molar-refractivity contribution in [2.75, 3.05) is 12.8 Å². The lowest BCUT2D eigenvalue weighted by Gasteiger charge is -2.08. The van der Waals surface area contributed by atoms with Crippen LogP contribution in [0.3, 0.4) is 0 Å². The molecule has 1 rings (SSSR count). The van der Waals surface area contributed by atoms with Crippen molar-refractivity contribution in [2.24, 2.45) is 0 Å². The Morgan fingerprint density at radius 2 is 2.36 bits per heavy atom. The van der Waals surface area contributed by atoms with E-state index in [4.69, 9.17) is 5.73 Å². The normalized spacial score (nSPS) is 12.1. The van der Waals surface area contributed by atoms with E-state index in [9.17, 15) is 4.79 Å². The van der Waals surface area contributed by atoms with Crippen LogP contribution in [0.5, 0.6) is 0 Å². The number of anilines is 1. The number of aromatic nitrogens is 1. The summed E-state index contributed by atoms with van der Waals surface area (Å²) in [5, 5.41) is 3.24. The molecule has 0 aliphatic heterocycles. The van der Waals surface area contributed by atoms with Gasteiger partial charge in [-0.25, -0.2) is 4.98 Å². The number of hydrogen-bond donors (Lipinski definition) is 2. The number of pyridine rings is 1. The lowest BCUT2D eigenvalue weighted by molar-refractivity contribution is -0.119. The molecule has 3 N–H and O–H groups in total. The third kappa shape index (κ3) is 2.92. The molecule has 4 nitrogen and oxygen atoms in total. The van der Waals surface area contributed by atoms with Gasteiger partial charge in [0.25, 0.3) is 0 Å². The highest BCUT2D eigenvalue weighted by molar-refractivity contribution is 8.00. The number of nitrogen functional groups attached to an aromatic ring is 1. The number of hydrogen-bond acceptors (Lipinski definition) is 4. The van der Waals surface area contributed by atoms with Gasteiger partial charge in [0, 0.05) is 7.05 Å². The Morgan fingerprint density at radius 1 is 1.64 bits per heavy atom. The van der Waals surface area contributed by atoms with Crippen LogP contribution in [0.2, 0.25) is 0 Å². The number of nitrogens with zero attached hydrogens (tertiary/aromatic N) is 1. The second kappa shape index (κ2) is 4.85. The van der Waals surface area contributed by atoms with Crippen molar-refractivity contribution >= 4 is 23.4 Å². The van der Waals surface area contributed by atoms with E-state index in [1.807, 2.05) is 6.92 Å². The van der Waals surface area contributed by atoms with Gasteiger partial charge in [-0.05, 0) is 19.1 Å². The maximum atomic E-state index is 11.2. The molecule has 0 bridgehead atoms. The first kappa shape index (κ1) is 10.8. The van der Waals surface area contributed by atoms with E-state index < -0.39 is 0 Å². The van der Waals surface area contributed by atoms with Crippen molar-refractivity contribution in [2.45, 2.75) is 17.2 Å². The predicted octanol–water partition coefficient (Wildman–Crippen LogP) is 0.890. The Morgan fingerprint density at radius 3 is 2.86 bits per heavy atom. The fourth-order valence-electron chi connectivity index (χ4n) is 0.899. The molecule has 5 heteroatoms. The average molecular weight is 211 g/mol. The molecule has 0 saturated heterocycles. The van der Waals surface area contributed by atoms with Gasteiger partial charge in [-0.3, -0.25) is 4.79 Å². The first-order valence-electron chi connectivity index (χ1n) is 4.23. The van der Waals surface area contributed by atoms with Crippen molar-refractivity contribution in [3.8, 4) is 0 Å². The second-order valence-corrected chi connectivity index (χ2v) is 4.17. The first-order valence-corrected chi connectivity index (χ1v) is 5.11. The summed E-state index contributed by atoms with van der Waals surface area (Å²) in [6.07, 6.45) is 1.58. The van der Waals surface area contributed by atoms with E-state index in [1.54, 1.807) is 25.4 Å². The molecule has 1 amide bonds. The van der Waals surface area contributed by atoms with E-state index >= 15 is 0 Å². The van der Waals surface area contributed by atoms with Crippen LogP contribution in [0.25, 0.3) is 0 Å². The molecule has 1 heterocycles. The molecule has 1 atom stereocenters. The van der Waals surface area contributed by atoms with Crippen molar-refractivity contribution in [3.05, 3.63) is 18.3 Å². The molecule has 1 aromatic heterocycles. The van der Waals surface area contributed by atoms with Crippen LogP contribution in [0.15, 0.2) is 23.4 Å². The Hall–Kier alpha value is -1.23. The van der Waals surface area contributed by atoms with Crippen LogP contribution in [0, 0.1) is 0 Å². The number of amides is 1. The highest BCUT2D eigenvalue weighted by Crippen LogP contribution is 2.21. The van der Waals surface area contributed by atoms with Crippen molar-refractivity contribution in [3.63, 3.8) is 0 Å². The minimum Gasteiger partial charge on any atom is -0.397 e. The standard InChI is InChI=1S/C9H13N3OS/c1-6(9(13)11-2)14-8-4-3-7(10)5-12-8/h3-6H,10H2,1-2H3,(H,11,13). The highest BCUT2D eigenvalue weighted by Gasteiger charge is 2.12. The van der Waals surface area contributed by atoms with E-state index in [-0.39, 0.29) is 11.2 Å². The van der Waals surface area contributed by atoms with Crippen molar-refractivity contribution in [1.82, 2.24) is 10.3 Å². The molecular weight excluding hydrogens is 198 g/mol. The molecule has 0 aliphatic rings. The van der Waals surface area contributed by atoms with Crippen molar-refractivity contribution < 1.29 is 4.79 Å². The molecule has 0 saturated carbocycles. The summed E-state index contributed by atoms with van der Waals surface area (Å²) in [5.41, 5.74) is 6.12. The molecule has 0 aromatic carbocycles.